The third-order valence-corrected chi connectivity index (χ3v) is 4.48. The summed E-state index contributed by atoms with van der Waals surface area (Å²) in [6.45, 7) is 0.209. The number of carbonyl (C=O) groups is 1. The summed E-state index contributed by atoms with van der Waals surface area (Å²) < 4.78 is 11.5. The van der Waals surface area contributed by atoms with Crippen molar-refractivity contribution in [3.8, 4) is 11.5 Å². The van der Waals surface area contributed by atoms with E-state index < -0.39 is 0 Å². The SMILES string of the molecule is O=C1Nc2ccc(Cl)cc2/C1=C/c1cc2c(cc1Br)OCO2. The number of fused-ring (bicyclic) bond motifs is 2. The van der Waals surface area contributed by atoms with Gasteiger partial charge in [0.25, 0.3) is 5.91 Å². The van der Waals surface area contributed by atoms with Crippen molar-refractivity contribution in [3.05, 3.63) is 51.0 Å². The first-order valence-corrected chi connectivity index (χ1v) is 7.71. The summed E-state index contributed by atoms with van der Waals surface area (Å²) in [6.07, 6.45) is 1.81. The highest BCUT2D eigenvalue weighted by molar-refractivity contribution is 9.10. The Morgan fingerprint density at radius 2 is 1.95 bits per heavy atom. The van der Waals surface area contributed by atoms with Crippen LogP contribution in [0.5, 0.6) is 11.5 Å². The Kier molecular flexibility index (Phi) is 3.13. The van der Waals surface area contributed by atoms with Crippen LogP contribution in [0, 0.1) is 0 Å². The molecule has 0 fully saturated rings. The maximum absolute atomic E-state index is 12.2. The summed E-state index contributed by atoms with van der Waals surface area (Å²) in [5, 5.41) is 3.42. The number of hydrogen-bond acceptors (Lipinski definition) is 3. The van der Waals surface area contributed by atoms with Crippen LogP contribution in [0.3, 0.4) is 0 Å². The summed E-state index contributed by atoms with van der Waals surface area (Å²) in [4.78, 5) is 12.2. The Hall–Kier alpha value is -1.98. The number of hydrogen-bond donors (Lipinski definition) is 1. The van der Waals surface area contributed by atoms with Gasteiger partial charge in [0, 0.05) is 26.3 Å². The van der Waals surface area contributed by atoms with Gasteiger partial charge in [-0.3, -0.25) is 4.79 Å². The molecule has 2 aromatic carbocycles. The number of benzene rings is 2. The van der Waals surface area contributed by atoms with E-state index in [0.29, 0.717) is 22.1 Å². The van der Waals surface area contributed by atoms with E-state index in [1.807, 2.05) is 18.2 Å². The topological polar surface area (TPSA) is 47.6 Å². The van der Waals surface area contributed by atoms with Crippen molar-refractivity contribution in [2.45, 2.75) is 0 Å². The first-order chi connectivity index (χ1) is 10.6. The van der Waals surface area contributed by atoms with Crippen LogP contribution in [0.25, 0.3) is 11.6 Å². The van der Waals surface area contributed by atoms with E-state index in [1.54, 1.807) is 18.2 Å². The van der Waals surface area contributed by atoms with Crippen molar-refractivity contribution in [2.24, 2.45) is 0 Å². The lowest BCUT2D eigenvalue weighted by Gasteiger charge is -2.04. The quantitative estimate of drug-likeness (QED) is 0.752. The first kappa shape index (κ1) is 13.7. The molecule has 0 bridgehead atoms. The Bertz CT molecular complexity index is 848. The van der Waals surface area contributed by atoms with Gasteiger partial charge in [-0.15, -0.1) is 0 Å². The molecule has 2 aliphatic rings. The lowest BCUT2D eigenvalue weighted by Crippen LogP contribution is -2.03. The molecule has 2 aromatic rings. The summed E-state index contributed by atoms with van der Waals surface area (Å²) in [6, 6.07) is 9.00. The standard InChI is InChI=1S/C16H9BrClNO3/c17-12-6-15-14(21-7-22-15)4-8(12)3-11-10-5-9(18)1-2-13(10)19-16(11)20/h1-6H,7H2,(H,19,20)/b11-3-. The van der Waals surface area contributed by atoms with E-state index in [9.17, 15) is 4.79 Å². The fourth-order valence-corrected chi connectivity index (χ4v) is 3.11. The second-order valence-electron chi connectivity index (χ2n) is 4.93. The van der Waals surface area contributed by atoms with E-state index in [-0.39, 0.29) is 12.7 Å². The Morgan fingerprint density at radius 1 is 1.18 bits per heavy atom. The van der Waals surface area contributed by atoms with Gasteiger partial charge in [-0.1, -0.05) is 27.5 Å². The Balaban J connectivity index is 1.84. The maximum Gasteiger partial charge on any atom is 0.256 e. The smallest absolute Gasteiger partial charge is 0.256 e. The van der Waals surface area contributed by atoms with Gasteiger partial charge in [0.2, 0.25) is 6.79 Å². The number of anilines is 1. The zero-order chi connectivity index (χ0) is 15.3. The molecule has 0 atom stereocenters. The van der Waals surface area contributed by atoms with Crippen molar-refractivity contribution in [1.82, 2.24) is 0 Å². The predicted octanol–water partition coefficient (Wildman–Crippen LogP) is 4.32. The lowest BCUT2D eigenvalue weighted by atomic mass is 10.0. The molecule has 0 spiro atoms. The van der Waals surface area contributed by atoms with E-state index in [1.165, 1.54) is 0 Å². The van der Waals surface area contributed by atoms with Gasteiger partial charge in [-0.05, 0) is 42.0 Å². The van der Waals surface area contributed by atoms with Crippen LogP contribution < -0.4 is 14.8 Å². The molecule has 110 valence electrons. The molecule has 4 rings (SSSR count). The minimum atomic E-state index is -0.151. The molecule has 0 saturated carbocycles. The van der Waals surface area contributed by atoms with E-state index >= 15 is 0 Å². The number of carbonyl (C=O) groups excluding carboxylic acids is 1. The van der Waals surface area contributed by atoms with E-state index in [2.05, 4.69) is 21.2 Å². The molecule has 0 aliphatic carbocycles. The van der Waals surface area contributed by atoms with Crippen LogP contribution in [0.2, 0.25) is 5.02 Å². The monoisotopic (exact) mass is 377 g/mol. The molecule has 0 aromatic heterocycles. The van der Waals surface area contributed by atoms with Crippen molar-refractivity contribution < 1.29 is 14.3 Å². The van der Waals surface area contributed by atoms with Crippen LogP contribution in [0.15, 0.2) is 34.8 Å². The average Bonchev–Trinajstić information content (AvgIpc) is 3.04. The predicted molar refractivity (Wildman–Crippen MR) is 88.2 cm³/mol. The van der Waals surface area contributed by atoms with Gasteiger partial charge >= 0.3 is 0 Å². The minimum Gasteiger partial charge on any atom is -0.454 e. The van der Waals surface area contributed by atoms with Crippen molar-refractivity contribution >= 4 is 50.8 Å². The molecular formula is C16H9BrClNO3. The second kappa shape index (κ2) is 5.04. The highest BCUT2D eigenvalue weighted by atomic mass is 79.9. The summed E-state index contributed by atoms with van der Waals surface area (Å²) >= 11 is 9.53. The summed E-state index contributed by atoms with van der Waals surface area (Å²) in [5.74, 6) is 1.20. The lowest BCUT2D eigenvalue weighted by molar-refractivity contribution is -0.110. The Morgan fingerprint density at radius 3 is 2.77 bits per heavy atom. The van der Waals surface area contributed by atoms with E-state index in [4.69, 9.17) is 21.1 Å². The maximum atomic E-state index is 12.2. The highest BCUT2D eigenvalue weighted by Crippen LogP contribution is 2.40. The van der Waals surface area contributed by atoms with Crippen molar-refractivity contribution in [3.63, 3.8) is 0 Å². The fourth-order valence-electron chi connectivity index (χ4n) is 2.50. The van der Waals surface area contributed by atoms with Gasteiger partial charge in [0.05, 0.1) is 0 Å². The molecule has 0 unspecified atom stereocenters. The van der Waals surface area contributed by atoms with Crippen molar-refractivity contribution in [2.75, 3.05) is 12.1 Å². The number of amides is 1. The molecule has 4 nitrogen and oxygen atoms in total. The number of nitrogens with one attached hydrogen (secondary N) is 1. The molecular weight excluding hydrogens is 370 g/mol. The van der Waals surface area contributed by atoms with Gasteiger partial charge in [-0.25, -0.2) is 0 Å². The third-order valence-electron chi connectivity index (χ3n) is 3.56. The molecule has 6 heteroatoms. The van der Waals surface area contributed by atoms with Gasteiger partial charge in [-0.2, -0.15) is 0 Å². The van der Waals surface area contributed by atoms with Crippen LogP contribution in [-0.4, -0.2) is 12.7 Å². The van der Waals surface area contributed by atoms with Crippen molar-refractivity contribution in [1.29, 1.82) is 0 Å². The number of halogens is 2. The minimum absolute atomic E-state index is 0.151. The second-order valence-corrected chi connectivity index (χ2v) is 6.22. The number of rotatable bonds is 1. The summed E-state index contributed by atoms with van der Waals surface area (Å²) in [5.41, 5.74) is 2.96. The summed E-state index contributed by atoms with van der Waals surface area (Å²) in [7, 11) is 0. The average molecular weight is 379 g/mol. The van der Waals surface area contributed by atoms with E-state index in [0.717, 1.165) is 21.3 Å². The zero-order valence-corrected chi connectivity index (χ0v) is 13.5. The number of ether oxygens (including phenoxy) is 2. The molecule has 1 amide bonds. The van der Waals surface area contributed by atoms with Crippen LogP contribution in [0.1, 0.15) is 11.1 Å². The fraction of sp³-hybridized carbons (Fsp3) is 0.0625. The molecule has 0 radical (unpaired) electrons. The van der Waals surface area contributed by atoms with Crippen LogP contribution in [0.4, 0.5) is 5.69 Å². The molecule has 2 heterocycles. The third kappa shape index (κ3) is 2.17. The van der Waals surface area contributed by atoms with Gasteiger partial charge < -0.3 is 14.8 Å². The Labute approximate surface area is 139 Å². The van der Waals surface area contributed by atoms with Crippen LogP contribution in [-0.2, 0) is 4.79 Å². The molecule has 0 saturated heterocycles. The van der Waals surface area contributed by atoms with Gasteiger partial charge in [0.1, 0.15) is 0 Å². The van der Waals surface area contributed by atoms with Gasteiger partial charge in [0.15, 0.2) is 11.5 Å². The molecule has 22 heavy (non-hydrogen) atoms. The highest BCUT2D eigenvalue weighted by Gasteiger charge is 2.25. The molecule has 2 aliphatic heterocycles. The zero-order valence-electron chi connectivity index (χ0n) is 11.2. The normalized spacial score (nSPS) is 16.8. The molecule has 1 N–H and O–H groups in total. The van der Waals surface area contributed by atoms with Crippen LogP contribution >= 0.6 is 27.5 Å². The first-order valence-electron chi connectivity index (χ1n) is 6.54. The largest absolute Gasteiger partial charge is 0.454 e.